The van der Waals surface area contributed by atoms with Crippen molar-refractivity contribution in [3.63, 3.8) is 0 Å². The summed E-state index contributed by atoms with van der Waals surface area (Å²) < 4.78 is 0. The summed E-state index contributed by atoms with van der Waals surface area (Å²) in [5.41, 5.74) is 1.12. The first kappa shape index (κ1) is 18.0. The van der Waals surface area contributed by atoms with Gasteiger partial charge in [-0.2, -0.15) is 0 Å². The maximum absolute atomic E-state index is 12.9. The van der Waals surface area contributed by atoms with E-state index in [1.54, 1.807) is 0 Å². The number of carbonyl (C=O) groups excluding carboxylic acids is 3. The quantitative estimate of drug-likeness (QED) is 0.814. The Kier molecular flexibility index (Phi) is 5.11. The Balaban J connectivity index is 1.43. The molecule has 0 spiro atoms. The number of hydrogen-bond acceptors (Lipinski definition) is 4. The largest absolute Gasteiger partial charge is 0.354 e. The molecule has 4 saturated heterocycles. The van der Waals surface area contributed by atoms with Crippen LogP contribution in [0.2, 0.25) is 0 Å². The van der Waals surface area contributed by atoms with Crippen molar-refractivity contribution in [2.24, 2.45) is 5.92 Å². The number of piperidine rings is 1. The predicted molar refractivity (Wildman–Crippen MR) is 99.5 cm³/mol. The van der Waals surface area contributed by atoms with Crippen LogP contribution < -0.4 is 5.32 Å². The highest BCUT2D eigenvalue weighted by Gasteiger charge is 2.42. The summed E-state index contributed by atoms with van der Waals surface area (Å²) in [5.74, 6) is 0.0500. The number of nitrogens with zero attached hydrogens (tertiary/aromatic N) is 3. The van der Waals surface area contributed by atoms with E-state index in [0.717, 1.165) is 18.4 Å². The maximum atomic E-state index is 12.9. The molecule has 1 N–H and O–H groups in total. The monoisotopic (exact) mass is 370 g/mol. The van der Waals surface area contributed by atoms with Crippen LogP contribution in [0.3, 0.4) is 0 Å². The van der Waals surface area contributed by atoms with Gasteiger partial charge in [0, 0.05) is 38.8 Å². The zero-order valence-corrected chi connectivity index (χ0v) is 15.5. The van der Waals surface area contributed by atoms with Gasteiger partial charge in [0.2, 0.25) is 17.7 Å². The second-order valence-corrected chi connectivity index (χ2v) is 7.74. The van der Waals surface area contributed by atoms with Crippen LogP contribution in [0.15, 0.2) is 30.3 Å². The van der Waals surface area contributed by atoms with Gasteiger partial charge in [0.25, 0.3) is 0 Å². The Morgan fingerprint density at radius 3 is 2.70 bits per heavy atom. The van der Waals surface area contributed by atoms with E-state index >= 15 is 0 Å². The zero-order valence-electron chi connectivity index (χ0n) is 15.5. The van der Waals surface area contributed by atoms with E-state index in [9.17, 15) is 14.4 Å². The van der Waals surface area contributed by atoms with Gasteiger partial charge in [0.05, 0.1) is 19.0 Å². The maximum Gasteiger partial charge on any atom is 0.236 e. The zero-order chi connectivity index (χ0) is 18.8. The fourth-order valence-electron chi connectivity index (χ4n) is 4.35. The lowest BCUT2D eigenvalue weighted by Gasteiger charge is -2.36. The molecule has 3 amide bonds. The minimum absolute atomic E-state index is 0.0240. The molecule has 1 aromatic carbocycles. The molecule has 0 aliphatic carbocycles. The molecule has 7 nitrogen and oxygen atoms in total. The number of nitrogens with one attached hydrogen (secondary N) is 1. The Hall–Kier alpha value is -2.41. The van der Waals surface area contributed by atoms with Gasteiger partial charge in [0.1, 0.15) is 0 Å². The van der Waals surface area contributed by atoms with Crippen LogP contribution in [0.1, 0.15) is 18.4 Å². The molecule has 27 heavy (non-hydrogen) atoms. The van der Waals surface area contributed by atoms with E-state index in [4.69, 9.17) is 0 Å². The van der Waals surface area contributed by atoms with Gasteiger partial charge in [-0.25, -0.2) is 0 Å². The molecule has 5 rings (SSSR count). The molecule has 0 aromatic heterocycles. The van der Waals surface area contributed by atoms with Gasteiger partial charge in [-0.15, -0.1) is 0 Å². The Morgan fingerprint density at radius 1 is 1.11 bits per heavy atom. The van der Waals surface area contributed by atoms with Gasteiger partial charge >= 0.3 is 0 Å². The molecule has 0 radical (unpaired) electrons. The SMILES string of the molecule is O=C1CN(CC(=O)N2C[C@@H]3CC[C@H](C2)N(Cc2ccccc2)C3=O)CCN1. The molecule has 1 aromatic rings. The minimum atomic E-state index is -0.110. The van der Waals surface area contributed by atoms with E-state index in [0.29, 0.717) is 32.7 Å². The van der Waals surface area contributed by atoms with Crippen LogP contribution in [0.25, 0.3) is 0 Å². The van der Waals surface area contributed by atoms with E-state index in [2.05, 4.69) is 5.32 Å². The molecule has 4 fully saturated rings. The predicted octanol–water partition coefficient (Wildman–Crippen LogP) is 0.0678. The Bertz CT molecular complexity index is 723. The standard InChI is InChI=1S/C20H26N4O3/c25-18-13-22(9-8-21-18)14-19(26)23-11-16-6-7-17(12-23)24(20(16)27)10-15-4-2-1-3-5-15/h1-5,16-17H,6-14H2,(H,21,25)/t16-,17+/m0/s1. The summed E-state index contributed by atoms with van der Waals surface area (Å²) in [5, 5.41) is 2.78. The van der Waals surface area contributed by atoms with Crippen molar-refractivity contribution in [1.82, 2.24) is 20.0 Å². The molecule has 4 aliphatic rings. The van der Waals surface area contributed by atoms with E-state index in [-0.39, 0.29) is 42.8 Å². The fraction of sp³-hybridized carbons (Fsp3) is 0.550. The number of benzene rings is 1. The number of carbonyl (C=O) groups is 3. The number of hydrogen-bond donors (Lipinski definition) is 1. The first-order valence-corrected chi connectivity index (χ1v) is 9.71. The van der Waals surface area contributed by atoms with E-state index < -0.39 is 0 Å². The molecule has 0 unspecified atom stereocenters. The Morgan fingerprint density at radius 2 is 1.93 bits per heavy atom. The lowest BCUT2D eigenvalue weighted by molar-refractivity contribution is -0.140. The van der Waals surface area contributed by atoms with Crippen LogP contribution in [0.5, 0.6) is 0 Å². The highest BCUT2D eigenvalue weighted by molar-refractivity contribution is 5.84. The molecule has 2 atom stereocenters. The second kappa shape index (κ2) is 7.68. The summed E-state index contributed by atoms with van der Waals surface area (Å²) in [6.45, 7) is 3.49. The van der Waals surface area contributed by atoms with Gasteiger partial charge in [0.15, 0.2) is 0 Å². The molecule has 0 saturated carbocycles. The molecule has 2 bridgehead atoms. The van der Waals surface area contributed by atoms with E-state index in [1.807, 2.05) is 45.0 Å². The molecule has 4 aliphatic heterocycles. The molecular formula is C20H26N4O3. The summed E-state index contributed by atoms with van der Waals surface area (Å²) in [6.07, 6.45) is 1.80. The van der Waals surface area contributed by atoms with E-state index in [1.165, 1.54) is 0 Å². The van der Waals surface area contributed by atoms with Gasteiger partial charge in [-0.05, 0) is 18.4 Å². The number of rotatable bonds is 4. The number of fused-ring (bicyclic) bond motifs is 4. The summed E-state index contributed by atoms with van der Waals surface area (Å²) >= 11 is 0. The van der Waals surface area contributed by atoms with Crippen LogP contribution in [-0.2, 0) is 20.9 Å². The molecule has 7 heteroatoms. The van der Waals surface area contributed by atoms with Crippen LogP contribution in [0, 0.1) is 5.92 Å². The molecular weight excluding hydrogens is 344 g/mol. The third-order valence-corrected chi connectivity index (χ3v) is 5.82. The number of amides is 3. The second-order valence-electron chi connectivity index (χ2n) is 7.74. The topological polar surface area (TPSA) is 73.0 Å². The summed E-state index contributed by atoms with van der Waals surface area (Å²) in [6, 6.07) is 10.1. The highest BCUT2D eigenvalue weighted by Crippen LogP contribution is 2.30. The average molecular weight is 370 g/mol. The van der Waals surface area contributed by atoms with Crippen molar-refractivity contribution in [2.45, 2.75) is 25.4 Å². The van der Waals surface area contributed by atoms with Crippen molar-refractivity contribution < 1.29 is 14.4 Å². The fourth-order valence-corrected chi connectivity index (χ4v) is 4.35. The van der Waals surface area contributed by atoms with Crippen molar-refractivity contribution in [2.75, 3.05) is 39.3 Å². The third kappa shape index (κ3) is 3.98. The lowest BCUT2D eigenvalue weighted by Crippen LogP contribution is -2.52. The third-order valence-electron chi connectivity index (χ3n) is 5.82. The Labute approximate surface area is 159 Å². The van der Waals surface area contributed by atoms with Crippen LogP contribution in [-0.4, -0.2) is 77.7 Å². The number of piperazine rings is 1. The van der Waals surface area contributed by atoms with Crippen molar-refractivity contribution in [3.05, 3.63) is 35.9 Å². The smallest absolute Gasteiger partial charge is 0.236 e. The first-order valence-electron chi connectivity index (χ1n) is 9.71. The molecule has 144 valence electrons. The molecule has 4 heterocycles. The summed E-state index contributed by atoms with van der Waals surface area (Å²) in [4.78, 5) is 43.0. The van der Waals surface area contributed by atoms with Crippen molar-refractivity contribution >= 4 is 17.7 Å². The first-order chi connectivity index (χ1) is 13.1. The minimum Gasteiger partial charge on any atom is -0.354 e. The van der Waals surface area contributed by atoms with Crippen molar-refractivity contribution in [3.8, 4) is 0 Å². The van der Waals surface area contributed by atoms with Gasteiger partial charge < -0.3 is 15.1 Å². The van der Waals surface area contributed by atoms with Crippen LogP contribution >= 0.6 is 0 Å². The lowest BCUT2D eigenvalue weighted by atomic mass is 9.93. The van der Waals surface area contributed by atoms with Gasteiger partial charge in [-0.1, -0.05) is 30.3 Å². The van der Waals surface area contributed by atoms with Gasteiger partial charge in [-0.3, -0.25) is 19.3 Å². The summed E-state index contributed by atoms with van der Waals surface area (Å²) in [7, 11) is 0. The normalized spacial score (nSPS) is 26.1. The van der Waals surface area contributed by atoms with Crippen LogP contribution in [0.4, 0.5) is 0 Å². The van der Waals surface area contributed by atoms with Crippen molar-refractivity contribution in [1.29, 1.82) is 0 Å². The highest BCUT2D eigenvalue weighted by atomic mass is 16.2. The average Bonchev–Trinajstić information content (AvgIpc) is 2.95.